The second kappa shape index (κ2) is 9.83. The summed E-state index contributed by atoms with van der Waals surface area (Å²) in [4.78, 5) is 19.9. The number of carbonyl (C=O) groups excluding carboxylic acids is 1. The minimum absolute atomic E-state index is 0.111. The first-order chi connectivity index (χ1) is 14.1. The van der Waals surface area contributed by atoms with E-state index < -0.39 is 0 Å². The number of likely N-dealkylation sites (N-methyl/N-ethyl adjacent to an activating group) is 1. The van der Waals surface area contributed by atoms with Crippen LogP contribution in [0.5, 0.6) is 5.75 Å². The maximum absolute atomic E-state index is 13.2. The lowest BCUT2D eigenvalue weighted by molar-refractivity contribution is -0.133. The molecule has 1 aromatic heterocycles. The Balaban J connectivity index is 1.77. The Labute approximate surface area is 177 Å². The maximum atomic E-state index is 13.2. The van der Waals surface area contributed by atoms with Gasteiger partial charge < -0.3 is 14.2 Å². The summed E-state index contributed by atoms with van der Waals surface area (Å²) in [7, 11) is 1.67. The first-order valence-electron chi connectivity index (χ1n) is 9.92. The second-order valence-electron chi connectivity index (χ2n) is 7.12. The molecule has 0 aliphatic heterocycles. The van der Waals surface area contributed by atoms with E-state index in [1.165, 1.54) is 5.56 Å². The molecule has 0 aliphatic rings. The largest absolute Gasteiger partial charge is 0.497 e. The minimum Gasteiger partial charge on any atom is -0.497 e. The first kappa shape index (κ1) is 21.2. The molecule has 0 N–H and O–H groups in total. The lowest BCUT2D eigenvalue weighted by Crippen LogP contribution is -2.41. The van der Waals surface area contributed by atoms with Crippen molar-refractivity contribution < 1.29 is 9.53 Å². The summed E-state index contributed by atoms with van der Waals surface area (Å²) < 4.78 is 7.30. The van der Waals surface area contributed by atoms with Crippen LogP contribution >= 0.6 is 11.8 Å². The van der Waals surface area contributed by atoms with Crippen molar-refractivity contribution in [2.75, 3.05) is 19.9 Å². The number of carbonyl (C=O) groups is 1. The topological polar surface area (TPSA) is 47.4 Å². The van der Waals surface area contributed by atoms with Crippen molar-refractivity contribution in [1.82, 2.24) is 14.5 Å². The molecule has 0 saturated heterocycles. The molecule has 0 radical (unpaired) electrons. The number of rotatable bonds is 9. The molecule has 0 aliphatic carbocycles. The molecule has 6 heteroatoms. The van der Waals surface area contributed by atoms with Gasteiger partial charge >= 0.3 is 0 Å². The normalized spacial score (nSPS) is 12.1. The number of methoxy groups -OCH3 is 1. The zero-order valence-electron chi connectivity index (χ0n) is 17.6. The standard InChI is InChI=1S/C23H29N3O2S/c1-5-25(17(2)14-18-10-12-19(28-3)13-11-18)23(27)15-26-21-9-7-6-8-20(21)24-22(26)16-29-4/h6-13,17H,5,14-16H2,1-4H3. The first-order valence-corrected chi connectivity index (χ1v) is 11.3. The number of hydrogen-bond acceptors (Lipinski definition) is 4. The molecule has 3 rings (SSSR count). The highest BCUT2D eigenvalue weighted by molar-refractivity contribution is 7.97. The fourth-order valence-corrected chi connectivity index (χ4v) is 4.19. The van der Waals surface area contributed by atoms with Crippen LogP contribution in [0.1, 0.15) is 25.2 Å². The van der Waals surface area contributed by atoms with E-state index in [9.17, 15) is 4.79 Å². The van der Waals surface area contributed by atoms with E-state index in [1.807, 2.05) is 48.2 Å². The highest BCUT2D eigenvalue weighted by atomic mass is 32.2. The maximum Gasteiger partial charge on any atom is 0.242 e. The van der Waals surface area contributed by atoms with Gasteiger partial charge in [0.05, 0.1) is 23.9 Å². The van der Waals surface area contributed by atoms with Crippen molar-refractivity contribution in [3.05, 3.63) is 59.9 Å². The van der Waals surface area contributed by atoms with Crippen LogP contribution in [-0.2, 0) is 23.5 Å². The molecule has 5 nitrogen and oxygen atoms in total. The summed E-state index contributed by atoms with van der Waals surface area (Å²) in [5, 5.41) is 0. The van der Waals surface area contributed by atoms with Crippen LogP contribution in [0.4, 0.5) is 0 Å². The zero-order chi connectivity index (χ0) is 20.8. The van der Waals surface area contributed by atoms with Gasteiger partial charge in [0.25, 0.3) is 0 Å². The number of amides is 1. The van der Waals surface area contributed by atoms with Gasteiger partial charge in [0.15, 0.2) is 0 Å². The van der Waals surface area contributed by atoms with Gasteiger partial charge in [-0.05, 0) is 56.4 Å². The van der Waals surface area contributed by atoms with Gasteiger partial charge in [0.1, 0.15) is 18.1 Å². The Kier molecular flexibility index (Phi) is 7.20. The fourth-order valence-electron chi connectivity index (χ4n) is 3.71. The van der Waals surface area contributed by atoms with Crippen LogP contribution in [0.3, 0.4) is 0 Å². The van der Waals surface area contributed by atoms with Crippen LogP contribution in [0.25, 0.3) is 11.0 Å². The Morgan fingerprint density at radius 2 is 1.93 bits per heavy atom. The van der Waals surface area contributed by atoms with Crippen LogP contribution in [-0.4, -0.2) is 46.3 Å². The molecule has 0 fully saturated rings. The predicted molar refractivity (Wildman–Crippen MR) is 120 cm³/mol. The monoisotopic (exact) mass is 411 g/mol. The molecule has 1 heterocycles. The molecule has 1 amide bonds. The molecule has 1 unspecified atom stereocenters. The summed E-state index contributed by atoms with van der Waals surface area (Å²) >= 11 is 1.72. The number of thioether (sulfide) groups is 1. The Hall–Kier alpha value is -2.47. The molecule has 29 heavy (non-hydrogen) atoms. The Morgan fingerprint density at radius 3 is 2.59 bits per heavy atom. The van der Waals surface area contributed by atoms with Gasteiger partial charge in [0.2, 0.25) is 5.91 Å². The average Bonchev–Trinajstić information content (AvgIpc) is 3.06. The number of aromatic nitrogens is 2. The fraction of sp³-hybridized carbons (Fsp3) is 0.391. The van der Waals surface area contributed by atoms with Gasteiger partial charge in [-0.25, -0.2) is 4.98 Å². The smallest absolute Gasteiger partial charge is 0.242 e. The summed E-state index contributed by atoms with van der Waals surface area (Å²) in [5.41, 5.74) is 3.16. The predicted octanol–water partition coefficient (Wildman–Crippen LogP) is 4.39. The number of benzene rings is 2. The van der Waals surface area contributed by atoms with Gasteiger partial charge in [-0.2, -0.15) is 11.8 Å². The van der Waals surface area contributed by atoms with Gasteiger partial charge in [-0.15, -0.1) is 0 Å². The molecule has 0 saturated carbocycles. The van der Waals surface area contributed by atoms with E-state index in [-0.39, 0.29) is 11.9 Å². The summed E-state index contributed by atoms with van der Waals surface area (Å²) in [5.74, 6) is 2.71. The van der Waals surface area contributed by atoms with Gasteiger partial charge in [-0.1, -0.05) is 24.3 Å². The van der Waals surface area contributed by atoms with Crippen molar-refractivity contribution in [2.45, 2.75) is 38.6 Å². The van der Waals surface area contributed by atoms with Crippen molar-refractivity contribution in [1.29, 1.82) is 0 Å². The third-order valence-corrected chi connectivity index (χ3v) is 5.73. The molecule has 0 spiro atoms. The van der Waals surface area contributed by atoms with E-state index in [1.54, 1.807) is 18.9 Å². The van der Waals surface area contributed by atoms with Gasteiger partial charge in [0, 0.05) is 12.6 Å². The van der Waals surface area contributed by atoms with Crippen LogP contribution in [0.2, 0.25) is 0 Å². The van der Waals surface area contributed by atoms with E-state index in [0.717, 1.165) is 34.8 Å². The van der Waals surface area contributed by atoms with E-state index in [2.05, 4.69) is 29.9 Å². The summed E-state index contributed by atoms with van der Waals surface area (Å²) in [6.45, 7) is 5.15. The van der Waals surface area contributed by atoms with Crippen molar-refractivity contribution in [3.8, 4) is 5.75 Å². The summed E-state index contributed by atoms with van der Waals surface area (Å²) in [6.07, 6.45) is 2.87. The zero-order valence-corrected chi connectivity index (χ0v) is 18.4. The van der Waals surface area contributed by atoms with Crippen molar-refractivity contribution in [3.63, 3.8) is 0 Å². The summed E-state index contributed by atoms with van der Waals surface area (Å²) in [6, 6.07) is 16.2. The molecule has 2 aromatic carbocycles. The van der Waals surface area contributed by atoms with Crippen LogP contribution < -0.4 is 4.74 Å². The molecular weight excluding hydrogens is 382 g/mol. The van der Waals surface area contributed by atoms with Crippen LogP contribution in [0.15, 0.2) is 48.5 Å². The molecule has 154 valence electrons. The Morgan fingerprint density at radius 1 is 1.21 bits per heavy atom. The number of nitrogens with zero attached hydrogens (tertiary/aromatic N) is 3. The van der Waals surface area contributed by atoms with Gasteiger partial charge in [-0.3, -0.25) is 4.79 Å². The number of para-hydroxylation sites is 2. The average molecular weight is 412 g/mol. The SMILES string of the molecule is CCN(C(=O)Cn1c(CSC)nc2ccccc21)C(C)Cc1ccc(OC)cc1. The third kappa shape index (κ3) is 4.93. The second-order valence-corrected chi connectivity index (χ2v) is 7.98. The molecular formula is C23H29N3O2S. The lowest BCUT2D eigenvalue weighted by Gasteiger charge is -2.29. The highest BCUT2D eigenvalue weighted by Crippen LogP contribution is 2.20. The number of imidazole rings is 1. The minimum atomic E-state index is 0.111. The number of hydrogen-bond donors (Lipinski definition) is 0. The highest BCUT2D eigenvalue weighted by Gasteiger charge is 2.21. The molecule has 0 bridgehead atoms. The van der Waals surface area contributed by atoms with E-state index >= 15 is 0 Å². The van der Waals surface area contributed by atoms with E-state index in [4.69, 9.17) is 9.72 Å². The number of ether oxygens (including phenoxy) is 1. The quantitative estimate of drug-likeness (QED) is 0.524. The third-order valence-electron chi connectivity index (χ3n) is 5.18. The van der Waals surface area contributed by atoms with Crippen molar-refractivity contribution in [2.24, 2.45) is 0 Å². The van der Waals surface area contributed by atoms with Crippen LogP contribution in [0, 0.1) is 0 Å². The Bertz CT molecular complexity index is 952. The molecule has 1 atom stereocenters. The van der Waals surface area contributed by atoms with Crippen molar-refractivity contribution >= 4 is 28.7 Å². The lowest BCUT2D eigenvalue weighted by atomic mass is 10.1. The number of fused-ring (bicyclic) bond motifs is 1. The molecule has 3 aromatic rings. The van der Waals surface area contributed by atoms with E-state index in [0.29, 0.717) is 13.1 Å².